The zero-order valence-corrected chi connectivity index (χ0v) is 21.3. The molecular weight excluding hydrogens is 439 g/mol. The Hall–Kier alpha value is -2.12. The lowest BCUT2D eigenvalue weighted by molar-refractivity contribution is 0.310. The molecule has 0 N–H and O–H groups in total. The van der Waals surface area contributed by atoms with Crippen LogP contribution in [0.5, 0.6) is 0 Å². The van der Waals surface area contributed by atoms with Crippen molar-refractivity contribution < 1.29 is 4.39 Å². The minimum absolute atomic E-state index is 0.193. The van der Waals surface area contributed by atoms with Gasteiger partial charge >= 0.3 is 0 Å². The van der Waals surface area contributed by atoms with Gasteiger partial charge in [0.2, 0.25) is 0 Å². The van der Waals surface area contributed by atoms with Gasteiger partial charge in [0.1, 0.15) is 5.82 Å². The van der Waals surface area contributed by atoms with Crippen molar-refractivity contribution in [2.45, 2.75) is 83.5 Å². The molecule has 4 rings (SSSR count). The number of halogens is 2. The molecule has 0 unspecified atom stereocenters. The third kappa shape index (κ3) is 7.19. The second-order valence-electron chi connectivity index (χ2n) is 10.2. The summed E-state index contributed by atoms with van der Waals surface area (Å²) in [5, 5.41) is 0.193. The number of hydrogen-bond donors (Lipinski definition) is 0. The van der Waals surface area contributed by atoms with E-state index in [2.05, 4.69) is 55.5 Å². The maximum absolute atomic E-state index is 13.6. The number of benzene rings is 3. The summed E-state index contributed by atoms with van der Waals surface area (Å²) in [5.74, 6) is 1.29. The van der Waals surface area contributed by atoms with Gasteiger partial charge in [-0.2, -0.15) is 0 Å². The fourth-order valence-corrected chi connectivity index (χ4v) is 5.47. The second kappa shape index (κ2) is 12.5. The molecule has 0 atom stereocenters. The van der Waals surface area contributed by atoms with E-state index in [1.807, 2.05) is 6.07 Å². The molecule has 2 heteroatoms. The van der Waals surface area contributed by atoms with Crippen molar-refractivity contribution in [1.82, 2.24) is 0 Å². The lowest BCUT2D eigenvalue weighted by Crippen LogP contribution is -2.14. The molecular formula is C32H38ClF. The molecule has 0 aromatic heterocycles. The first kappa shape index (κ1) is 25.0. The Morgan fingerprint density at radius 2 is 1.26 bits per heavy atom. The van der Waals surface area contributed by atoms with E-state index >= 15 is 0 Å². The summed E-state index contributed by atoms with van der Waals surface area (Å²) in [7, 11) is 0. The van der Waals surface area contributed by atoms with Gasteiger partial charge in [0.15, 0.2) is 0 Å². The van der Waals surface area contributed by atoms with Gasteiger partial charge in [0.05, 0.1) is 5.02 Å². The van der Waals surface area contributed by atoms with E-state index in [-0.39, 0.29) is 10.8 Å². The van der Waals surface area contributed by atoms with Crippen molar-refractivity contribution in [3.8, 4) is 0 Å². The van der Waals surface area contributed by atoms with E-state index in [4.69, 9.17) is 11.6 Å². The maximum Gasteiger partial charge on any atom is 0.142 e. The van der Waals surface area contributed by atoms with Crippen molar-refractivity contribution >= 4 is 11.6 Å². The average Bonchev–Trinajstić information content (AvgIpc) is 2.88. The molecule has 1 aliphatic carbocycles. The molecule has 0 spiro atoms. The van der Waals surface area contributed by atoms with Gasteiger partial charge in [0, 0.05) is 0 Å². The Morgan fingerprint density at radius 3 is 1.91 bits per heavy atom. The molecule has 0 bridgehead atoms. The van der Waals surface area contributed by atoms with E-state index in [0.717, 1.165) is 30.2 Å². The highest BCUT2D eigenvalue weighted by Crippen LogP contribution is 2.37. The molecule has 3 aromatic carbocycles. The zero-order valence-electron chi connectivity index (χ0n) is 20.5. The zero-order chi connectivity index (χ0) is 23.8. The van der Waals surface area contributed by atoms with Crippen molar-refractivity contribution in [1.29, 1.82) is 0 Å². The minimum Gasteiger partial charge on any atom is -0.205 e. The molecule has 0 aliphatic heterocycles. The first-order valence-electron chi connectivity index (χ1n) is 13.2. The van der Waals surface area contributed by atoms with Gasteiger partial charge in [-0.3, -0.25) is 0 Å². The lowest BCUT2D eigenvalue weighted by Gasteiger charge is -2.29. The van der Waals surface area contributed by atoms with Crippen molar-refractivity contribution in [3.63, 3.8) is 0 Å². The Balaban J connectivity index is 1.18. The molecule has 0 amide bonds. The Labute approximate surface area is 210 Å². The fourth-order valence-electron chi connectivity index (χ4n) is 5.35. The topological polar surface area (TPSA) is 0 Å². The van der Waals surface area contributed by atoms with Crippen molar-refractivity contribution in [3.05, 3.63) is 105 Å². The summed E-state index contributed by atoms with van der Waals surface area (Å²) < 4.78 is 13.6. The highest BCUT2D eigenvalue weighted by Gasteiger charge is 2.22. The molecule has 180 valence electrons. The van der Waals surface area contributed by atoms with Crippen LogP contribution in [0, 0.1) is 11.7 Å². The summed E-state index contributed by atoms with van der Waals surface area (Å²) in [6, 6.07) is 23.6. The standard InChI is InChI=1S/C32H38ClF/c1-2-3-4-24-13-18-29(19-14-24)30-20-15-27(16-21-30)10-9-25-5-7-26(8-6-25)11-12-28-17-22-31(33)32(34)23-28/h5-8,13-14,17-19,22-23,27,30H,2-4,9-12,15-16,20-21H2,1H3/t27-,30-. The molecule has 1 saturated carbocycles. The van der Waals surface area contributed by atoms with Crippen LogP contribution in [0.2, 0.25) is 5.02 Å². The van der Waals surface area contributed by atoms with Gasteiger partial charge in [-0.15, -0.1) is 0 Å². The van der Waals surface area contributed by atoms with Crippen LogP contribution >= 0.6 is 11.6 Å². The predicted molar refractivity (Wildman–Crippen MR) is 143 cm³/mol. The average molecular weight is 477 g/mol. The number of rotatable bonds is 10. The van der Waals surface area contributed by atoms with Crippen LogP contribution in [0.4, 0.5) is 4.39 Å². The molecule has 1 fully saturated rings. The van der Waals surface area contributed by atoms with Crippen molar-refractivity contribution in [2.75, 3.05) is 0 Å². The summed E-state index contributed by atoms with van der Waals surface area (Å²) in [5.41, 5.74) is 6.78. The first-order chi connectivity index (χ1) is 16.6. The van der Waals surface area contributed by atoms with Gasteiger partial charge in [-0.1, -0.05) is 79.5 Å². The van der Waals surface area contributed by atoms with Crippen LogP contribution in [0.25, 0.3) is 0 Å². The third-order valence-corrected chi connectivity index (χ3v) is 7.97. The number of aryl methyl sites for hydroxylation is 4. The predicted octanol–water partition coefficient (Wildman–Crippen LogP) is 9.51. The SMILES string of the molecule is CCCCc1ccc([C@H]2CC[C@H](CCc3ccc(CCc4ccc(Cl)c(F)c4)cc3)CC2)cc1. The van der Waals surface area contributed by atoms with Gasteiger partial charge in [-0.25, -0.2) is 4.39 Å². The molecule has 3 aromatic rings. The van der Waals surface area contributed by atoms with E-state index in [1.165, 1.54) is 74.5 Å². The van der Waals surface area contributed by atoms with E-state index in [1.54, 1.807) is 17.7 Å². The van der Waals surface area contributed by atoms with E-state index < -0.39 is 0 Å². The van der Waals surface area contributed by atoms with Gasteiger partial charge < -0.3 is 0 Å². The summed E-state index contributed by atoms with van der Waals surface area (Å²) in [6.07, 6.45) is 13.4. The van der Waals surface area contributed by atoms with Crippen molar-refractivity contribution in [2.24, 2.45) is 5.92 Å². The van der Waals surface area contributed by atoms with Crippen LogP contribution in [-0.2, 0) is 25.7 Å². The molecule has 1 aliphatic rings. The van der Waals surface area contributed by atoms with Crippen LogP contribution in [0.1, 0.15) is 85.6 Å². The largest absolute Gasteiger partial charge is 0.205 e. The van der Waals surface area contributed by atoms with E-state index in [9.17, 15) is 4.39 Å². The van der Waals surface area contributed by atoms with E-state index in [0.29, 0.717) is 0 Å². The summed E-state index contributed by atoms with van der Waals surface area (Å²) in [4.78, 5) is 0. The molecule has 0 nitrogen and oxygen atoms in total. The monoisotopic (exact) mass is 476 g/mol. The fraction of sp³-hybridized carbons (Fsp3) is 0.438. The smallest absolute Gasteiger partial charge is 0.142 e. The van der Waals surface area contributed by atoms with Gasteiger partial charge in [0.25, 0.3) is 0 Å². The van der Waals surface area contributed by atoms with Crippen LogP contribution in [0.15, 0.2) is 66.7 Å². The van der Waals surface area contributed by atoms with Crippen LogP contribution in [0.3, 0.4) is 0 Å². The normalized spacial score (nSPS) is 18.2. The minimum atomic E-state index is -0.330. The van der Waals surface area contributed by atoms with Crippen LogP contribution in [-0.4, -0.2) is 0 Å². The first-order valence-corrected chi connectivity index (χ1v) is 13.6. The van der Waals surface area contributed by atoms with Crippen LogP contribution < -0.4 is 0 Å². The Morgan fingerprint density at radius 1 is 0.706 bits per heavy atom. The summed E-state index contributed by atoms with van der Waals surface area (Å²) in [6.45, 7) is 2.26. The highest BCUT2D eigenvalue weighted by molar-refractivity contribution is 6.30. The molecule has 34 heavy (non-hydrogen) atoms. The highest BCUT2D eigenvalue weighted by atomic mass is 35.5. The second-order valence-corrected chi connectivity index (χ2v) is 10.6. The lowest BCUT2D eigenvalue weighted by atomic mass is 9.77. The number of unbranched alkanes of at least 4 members (excludes halogenated alkanes) is 1. The number of hydrogen-bond acceptors (Lipinski definition) is 0. The molecule has 0 radical (unpaired) electrons. The molecule has 0 heterocycles. The third-order valence-electron chi connectivity index (χ3n) is 7.67. The van der Waals surface area contributed by atoms with Gasteiger partial charge in [-0.05, 0) is 116 Å². The maximum atomic E-state index is 13.6. The Bertz CT molecular complexity index is 1010. The molecule has 0 saturated heterocycles. The summed E-state index contributed by atoms with van der Waals surface area (Å²) >= 11 is 5.78. The Kier molecular flexibility index (Phi) is 9.22. The quantitative estimate of drug-likeness (QED) is 0.273.